The van der Waals surface area contributed by atoms with Gasteiger partial charge in [0, 0.05) is 23.7 Å². The number of ether oxygens (including phenoxy) is 1. The number of sulfonamides is 1. The maximum absolute atomic E-state index is 14.2. The second kappa shape index (κ2) is 7.89. The molecule has 144 valence electrons. The fourth-order valence-corrected chi connectivity index (χ4v) is 4.21. The van der Waals surface area contributed by atoms with Crippen LogP contribution < -0.4 is 5.32 Å². The Morgan fingerprint density at radius 3 is 2.44 bits per heavy atom. The molecule has 0 aliphatic carbocycles. The van der Waals surface area contributed by atoms with Crippen LogP contribution in [0.15, 0.2) is 41.3 Å². The third-order valence-electron chi connectivity index (χ3n) is 3.96. The van der Waals surface area contributed by atoms with Gasteiger partial charge in [0.15, 0.2) is 0 Å². The predicted octanol–water partition coefficient (Wildman–Crippen LogP) is 2.89. The van der Waals surface area contributed by atoms with Gasteiger partial charge >= 0.3 is 0 Å². The average Bonchev–Trinajstić information content (AvgIpc) is 2.65. The first-order valence-corrected chi connectivity index (χ1v) is 9.75. The van der Waals surface area contributed by atoms with E-state index in [9.17, 15) is 22.0 Å². The summed E-state index contributed by atoms with van der Waals surface area (Å²) in [4.78, 5) is 11.7. The minimum Gasteiger partial charge on any atom is -0.379 e. The Labute approximate surface area is 159 Å². The first kappa shape index (κ1) is 19.7. The summed E-state index contributed by atoms with van der Waals surface area (Å²) in [5, 5.41) is 2.47. The van der Waals surface area contributed by atoms with Gasteiger partial charge in [0.1, 0.15) is 16.5 Å². The minimum absolute atomic E-state index is 0.0915. The van der Waals surface area contributed by atoms with Crippen LogP contribution in [0.1, 0.15) is 10.4 Å². The number of halogens is 3. The van der Waals surface area contributed by atoms with E-state index in [-0.39, 0.29) is 42.6 Å². The maximum Gasteiger partial charge on any atom is 0.255 e. The van der Waals surface area contributed by atoms with Crippen molar-refractivity contribution < 1.29 is 26.7 Å². The van der Waals surface area contributed by atoms with Crippen LogP contribution in [0.4, 0.5) is 14.5 Å². The Bertz CT molecular complexity index is 979. The van der Waals surface area contributed by atoms with E-state index in [1.165, 1.54) is 12.1 Å². The highest BCUT2D eigenvalue weighted by Crippen LogP contribution is 2.23. The van der Waals surface area contributed by atoms with E-state index in [4.69, 9.17) is 16.3 Å². The summed E-state index contributed by atoms with van der Waals surface area (Å²) < 4.78 is 59.5. The molecule has 3 rings (SSSR count). The number of nitrogens with zero attached hydrogens (tertiary/aromatic N) is 1. The van der Waals surface area contributed by atoms with Crippen molar-refractivity contribution in [3.63, 3.8) is 0 Å². The molecule has 0 atom stereocenters. The lowest BCUT2D eigenvalue weighted by molar-refractivity contribution is 0.0729. The number of nitrogens with one attached hydrogen (secondary N) is 1. The number of hydrogen-bond donors (Lipinski definition) is 1. The zero-order chi connectivity index (χ0) is 19.6. The number of amides is 1. The zero-order valence-electron chi connectivity index (χ0n) is 13.9. The third kappa shape index (κ3) is 4.27. The number of morpholine rings is 1. The molecule has 1 N–H and O–H groups in total. The molecule has 6 nitrogen and oxygen atoms in total. The maximum atomic E-state index is 14.2. The average molecular weight is 417 g/mol. The smallest absolute Gasteiger partial charge is 0.255 e. The van der Waals surface area contributed by atoms with E-state index in [1.807, 2.05) is 0 Å². The number of anilines is 1. The summed E-state index contributed by atoms with van der Waals surface area (Å²) in [5.74, 6) is -2.51. The van der Waals surface area contributed by atoms with Crippen LogP contribution in [0.5, 0.6) is 0 Å². The van der Waals surface area contributed by atoms with Crippen molar-refractivity contribution in [2.75, 3.05) is 31.6 Å². The summed E-state index contributed by atoms with van der Waals surface area (Å²) in [6, 6.07) is 6.63. The topological polar surface area (TPSA) is 75.7 Å². The highest BCUT2D eigenvalue weighted by molar-refractivity contribution is 7.89. The molecule has 0 radical (unpaired) electrons. The molecule has 1 heterocycles. The summed E-state index contributed by atoms with van der Waals surface area (Å²) >= 11 is 5.66. The third-order valence-corrected chi connectivity index (χ3v) is 6.11. The molecule has 1 aliphatic heterocycles. The number of benzene rings is 2. The van der Waals surface area contributed by atoms with Crippen molar-refractivity contribution in [2.45, 2.75) is 4.90 Å². The molecule has 0 bridgehead atoms. The SMILES string of the molecule is O=C(Nc1ccc(Cl)cc1F)c1ccc(F)c(S(=O)(=O)N2CCOCC2)c1. The van der Waals surface area contributed by atoms with E-state index in [2.05, 4.69) is 5.32 Å². The number of carbonyl (C=O) groups excluding carboxylic acids is 1. The molecule has 0 aromatic heterocycles. The van der Waals surface area contributed by atoms with Gasteiger partial charge < -0.3 is 10.1 Å². The van der Waals surface area contributed by atoms with Gasteiger partial charge in [0.25, 0.3) is 5.91 Å². The Morgan fingerprint density at radius 2 is 1.78 bits per heavy atom. The molecule has 1 aliphatic rings. The Morgan fingerprint density at radius 1 is 1.07 bits per heavy atom. The van der Waals surface area contributed by atoms with E-state index in [0.29, 0.717) is 0 Å². The molecule has 1 saturated heterocycles. The second-order valence-corrected chi connectivity index (χ2v) is 8.08. The first-order valence-electron chi connectivity index (χ1n) is 7.93. The van der Waals surface area contributed by atoms with Gasteiger partial charge in [-0.2, -0.15) is 4.31 Å². The number of carbonyl (C=O) groups is 1. The van der Waals surface area contributed by atoms with Crippen molar-refractivity contribution in [2.24, 2.45) is 0 Å². The van der Waals surface area contributed by atoms with Crippen LogP contribution in [0.3, 0.4) is 0 Å². The van der Waals surface area contributed by atoms with Crippen LogP contribution in [-0.2, 0) is 14.8 Å². The molecule has 27 heavy (non-hydrogen) atoms. The lowest BCUT2D eigenvalue weighted by Crippen LogP contribution is -2.41. The van der Waals surface area contributed by atoms with Gasteiger partial charge in [-0.05, 0) is 36.4 Å². The van der Waals surface area contributed by atoms with Crippen molar-refractivity contribution in [3.05, 3.63) is 58.6 Å². The fraction of sp³-hybridized carbons (Fsp3) is 0.235. The molecule has 1 fully saturated rings. The van der Waals surface area contributed by atoms with Gasteiger partial charge in [0.05, 0.1) is 18.9 Å². The Kier molecular flexibility index (Phi) is 5.75. The molecule has 0 saturated carbocycles. The van der Waals surface area contributed by atoms with E-state index in [0.717, 1.165) is 28.6 Å². The first-order chi connectivity index (χ1) is 12.8. The van der Waals surface area contributed by atoms with Crippen LogP contribution in [0.25, 0.3) is 0 Å². The molecular formula is C17H15ClF2N2O4S. The summed E-state index contributed by atoms with van der Waals surface area (Å²) in [6.45, 7) is 0.593. The number of rotatable bonds is 4. The van der Waals surface area contributed by atoms with Gasteiger partial charge in [0.2, 0.25) is 10.0 Å². The van der Waals surface area contributed by atoms with E-state index in [1.54, 1.807) is 0 Å². The van der Waals surface area contributed by atoms with Crippen LogP contribution in [0, 0.1) is 11.6 Å². The van der Waals surface area contributed by atoms with Gasteiger partial charge in [-0.3, -0.25) is 4.79 Å². The largest absolute Gasteiger partial charge is 0.379 e. The Balaban J connectivity index is 1.89. The zero-order valence-corrected chi connectivity index (χ0v) is 15.5. The minimum atomic E-state index is -4.13. The van der Waals surface area contributed by atoms with Gasteiger partial charge in [-0.1, -0.05) is 11.6 Å². The molecule has 2 aromatic carbocycles. The highest BCUT2D eigenvalue weighted by Gasteiger charge is 2.29. The molecule has 1 amide bonds. The number of hydrogen-bond acceptors (Lipinski definition) is 4. The van der Waals surface area contributed by atoms with E-state index >= 15 is 0 Å². The predicted molar refractivity (Wildman–Crippen MR) is 95.3 cm³/mol. The second-order valence-electron chi connectivity index (χ2n) is 5.74. The molecular weight excluding hydrogens is 402 g/mol. The fourth-order valence-electron chi connectivity index (χ4n) is 2.55. The quantitative estimate of drug-likeness (QED) is 0.831. The lowest BCUT2D eigenvalue weighted by atomic mass is 10.2. The van der Waals surface area contributed by atoms with E-state index < -0.39 is 32.5 Å². The van der Waals surface area contributed by atoms with Gasteiger partial charge in [-0.15, -0.1) is 0 Å². The lowest BCUT2D eigenvalue weighted by Gasteiger charge is -2.26. The van der Waals surface area contributed by atoms with Crippen LogP contribution in [-0.4, -0.2) is 44.9 Å². The summed E-state index contributed by atoms with van der Waals surface area (Å²) in [5.41, 5.74) is -0.260. The van der Waals surface area contributed by atoms with Crippen LogP contribution >= 0.6 is 11.6 Å². The molecule has 0 unspecified atom stereocenters. The van der Waals surface area contributed by atoms with Crippen molar-refractivity contribution in [1.82, 2.24) is 4.31 Å². The van der Waals surface area contributed by atoms with Crippen molar-refractivity contribution in [3.8, 4) is 0 Å². The monoisotopic (exact) mass is 416 g/mol. The van der Waals surface area contributed by atoms with Crippen molar-refractivity contribution in [1.29, 1.82) is 0 Å². The molecule has 10 heteroatoms. The van der Waals surface area contributed by atoms with Crippen molar-refractivity contribution >= 4 is 33.2 Å². The molecule has 2 aromatic rings. The summed E-state index contributed by atoms with van der Waals surface area (Å²) in [6.07, 6.45) is 0. The van der Waals surface area contributed by atoms with Gasteiger partial charge in [-0.25, -0.2) is 17.2 Å². The molecule has 0 spiro atoms. The standard InChI is InChI=1S/C17H15ClF2N2O4S/c18-12-2-4-15(14(20)10-12)21-17(23)11-1-3-13(19)16(9-11)27(24,25)22-5-7-26-8-6-22/h1-4,9-10H,5-8H2,(H,21,23). The Hall–Kier alpha value is -2.07. The normalized spacial score (nSPS) is 15.5. The summed E-state index contributed by atoms with van der Waals surface area (Å²) in [7, 11) is -4.13. The highest BCUT2D eigenvalue weighted by atomic mass is 35.5. The van der Waals surface area contributed by atoms with Crippen LogP contribution in [0.2, 0.25) is 5.02 Å².